The molecule has 0 N–H and O–H groups in total. The van der Waals surface area contributed by atoms with Crippen molar-refractivity contribution in [3.05, 3.63) is 17.8 Å². The molecule has 0 atom stereocenters. The van der Waals surface area contributed by atoms with E-state index in [0.717, 1.165) is 7.11 Å². The third kappa shape index (κ3) is 1.79. The fourth-order valence-corrected chi connectivity index (χ4v) is 0.689. The van der Waals surface area contributed by atoms with Gasteiger partial charge in [-0.1, -0.05) is 0 Å². The second kappa shape index (κ2) is 3.08. The van der Waals surface area contributed by atoms with E-state index in [1.165, 1.54) is 0 Å². The van der Waals surface area contributed by atoms with Crippen LogP contribution < -0.4 is 0 Å². The second-order valence-corrected chi connectivity index (χ2v) is 2.02. The van der Waals surface area contributed by atoms with E-state index in [1.807, 2.05) is 0 Å². The maximum atomic E-state index is 12.0. The van der Waals surface area contributed by atoms with Crippen LogP contribution in [0.1, 0.15) is 16.2 Å². The standard InChI is InChI=1S/C6H4F3NO3/c1-12-5(11)3-4(6(7,8)9)13-2-10-3/h2H,1H3. The van der Waals surface area contributed by atoms with E-state index in [0.29, 0.717) is 6.39 Å². The molecule has 7 heteroatoms. The Morgan fingerprint density at radius 1 is 1.62 bits per heavy atom. The van der Waals surface area contributed by atoms with Crippen molar-refractivity contribution in [2.24, 2.45) is 0 Å². The van der Waals surface area contributed by atoms with E-state index in [9.17, 15) is 18.0 Å². The average molecular weight is 195 g/mol. The van der Waals surface area contributed by atoms with Gasteiger partial charge in [0.2, 0.25) is 5.76 Å². The summed E-state index contributed by atoms with van der Waals surface area (Å²) in [6.07, 6.45) is -4.20. The number of ether oxygens (including phenoxy) is 1. The molecule has 4 nitrogen and oxygen atoms in total. The predicted molar refractivity (Wildman–Crippen MR) is 32.8 cm³/mol. The molecule has 1 heterocycles. The number of esters is 1. The van der Waals surface area contributed by atoms with Crippen molar-refractivity contribution in [1.82, 2.24) is 4.98 Å². The van der Waals surface area contributed by atoms with E-state index in [2.05, 4.69) is 14.1 Å². The number of halogens is 3. The van der Waals surface area contributed by atoms with Crippen LogP contribution in [0.15, 0.2) is 10.8 Å². The van der Waals surface area contributed by atoms with Gasteiger partial charge in [-0.15, -0.1) is 0 Å². The summed E-state index contributed by atoms with van der Waals surface area (Å²) in [4.78, 5) is 13.8. The maximum absolute atomic E-state index is 12.0. The molecule has 0 saturated carbocycles. The highest BCUT2D eigenvalue weighted by Crippen LogP contribution is 2.31. The highest BCUT2D eigenvalue weighted by atomic mass is 19.4. The molecule has 1 aromatic heterocycles. The molecule has 0 aliphatic heterocycles. The van der Waals surface area contributed by atoms with Crippen LogP contribution in [0.3, 0.4) is 0 Å². The zero-order valence-electron chi connectivity index (χ0n) is 6.38. The first-order chi connectivity index (χ1) is 5.96. The van der Waals surface area contributed by atoms with E-state index >= 15 is 0 Å². The van der Waals surface area contributed by atoms with Crippen molar-refractivity contribution in [2.45, 2.75) is 6.18 Å². The number of carbonyl (C=O) groups is 1. The van der Waals surface area contributed by atoms with Gasteiger partial charge in [0.05, 0.1) is 7.11 Å². The van der Waals surface area contributed by atoms with Crippen LogP contribution in [-0.2, 0) is 10.9 Å². The fraction of sp³-hybridized carbons (Fsp3) is 0.333. The Morgan fingerprint density at radius 3 is 2.69 bits per heavy atom. The number of aromatic nitrogens is 1. The first kappa shape index (κ1) is 9.56. The number of hydrogen-bond donors (Lipinski definition) is 0. The van der Waals surface area contributed by atoms with Crippen LogP contribution in [0.2, 0.25) is 0 Å². The number of hydrogen-bond acceptors (Lipinski definition) is 4. The van der Waals surface area contributed by atoms with Crippen molar-refractivity contribution in [1.29, 1.82) is 0 Å². The molecule has 0 aliphatic rings. The van der Waals surface area contributed by atoms with Crippen molar-refractivity contribution in [3.63, 3.8) is 0 Å². The Balaban J connectivity index is 3.10. The quantitative estimate of drug-likeness (QED) is 0.637. The van der Waals surface area contributed by atoms with Gasteiger partial charge in [-0.2, -0.15) is 13.2 Å². The third-order valence-electron chi connectivity index (χ3n) is 1.20. The highest BCUT2D eigenvalue weighted by Gasteiger charge is 2.40. The lowest BCUT2D eigenvalue weighted by atomic mass is 10.3. The van der Waals surface area contributed by atoms with Crippen LogP contribution >= 0.6 is 0 Å². The molecule has 0 aromatic carbocycles. The van der Waals surface area contributed by atoms with Crippen LogP contribution in [-0.4, -0.2) is 18.1 Å². The molecule has 0 saturated heterocycles. The van der Waals surface area contributed by atoms with E-state index < -0.39 is 23.6 Å². The van der Waals surface area contributed by atoms with Gasteiger partial charge in [-0.25, -0.2) is 9.78 Å². The molecule has 1 rings (SSSR count). The molecule has 13 heavy (non-hydrogen) atoms. The highest BCUT2D eigenvalue weighted by molar-refractivity contribution is 5.88. The third-order valence-corrected chi connectivity index (χ3v) is 1.20. The Bertz CT molecular complexity index is 317. The summed E-state index contributed by atoms with van der Waals surface area (Å²) in [5.74, 6) is -2.62. The molecule has 0 fully saturated rings. The monoisotopic (exact) mass is 195 g/mol. The zero-order chi connectivity index (χ0) is 10.1. The van der Waals surface area contributed by atoms with Gasteiger partial charge in [0, 0.05) is 0 Å². The number of rotatable bonds is 1. The summed E-state index contributed by atoms with van der Waals surface area (Å²) in [6.45, 7) is 0. The molecule has 0 bridgehead atoms. The Kier molecular flexibility index (Phi) is 2.26. The molecule has 0 unspecified atom stereocenters. The van der Waals surface area contributed by atoms with E-state index in [1.54, 1.807) is 0 Å². The van der Waals surface area contributed by atoms with Gasteiger partial charge < -0.3 is 9.15 Å². The van der Waals surface area contributed by atoms with Gasteiger partial charge >= 0.3 is 12.1 Å². The Morgan fingerprint density at radius 2 is 2.23 bits per heavy atom. The van der Waals surface area contributed by atoms with Gasteiger partial charge in [0.25, 0.3) is 0 Å². The smallest absolute Gasteiger partial charge is 0.452 e. The number of alkyl halides is 3. The first-order valence-electron chi connectivity index (χ1n) is 3.06. The number of methoxy groups -OCH3 is 1. The number of oxazole rings is 1. The first-order valence-corrected chi connectivity index (χ1v) is 3.06. The van der Waals surface area contributed by atoms with Crippen molar-refractivity contribution < 1.29 is 27.1 Å². The normalized spacial score (nSPS) is 11.4. The molecular weight excluding hydrogens is 191 g/mol. The molecule has 0 amide bonds. The summed E-state index contributed by atoms with van der Waals surface area (Å²) < 4.78 is 44.2. The maximum Gasteiger partial charge on any atom is 0.452 e. The van der Waals surface area contributed by atoms with Gasteiger partial charge in [-0.3, -0.25) is 0 Å². The van der Waals surface area contributed by atoms with Crippen LogP contribution in [0.25, 0.3) is 0 Å². The van der Waals surface area contributed by atoms with Gasteiger partial charge in [0.1, 0.15) is 0 Å². The lowest BCUT2D eigenvalue weighted by Gasteiger charge is -2.02. The minimum absolute atomic E-state index is 0.537. The fourth-order valence-electron chi connectivity index (χ4n) is 0.689. The summed E-state index contributed by atoms with van der Waals surface area (Å²) in [7, 11) is 0.956. The van der Waals surface area contributed by atoms with Gasteiger partial charge in [-0.05, 0) is 0 Å². The molecular formula is C6H4F3NO3. The zero-order valence-corrected chi connectivity index (χ0v) is 6.38. The minimum atomic E-state index is -4.74. The summed E-state index contributed by atoms with van der Waals surface area (Å²) in [5, 5.41) is 0. The molecule has 1 aromatic rings. The summed E-state index contributed by atoms with van der Waals surface area (Å²) in [5.41, 5.74) is -0.866. The van der Waals surface area contributed by atoms with Crippen LogP contribution in [0, 0.1) is 0 Å². The Labute approximate surface area is 70.3 Å². The molecule has 0 radical (unpaired) electrons. The van der Waals surface area contributed by atoms with E-state index in [4.69, 9.17) is 0 Å². The minimum Gasteiger partial charge on any atom is -0.464 e. The van der Waals surface area contributed by atoms with E-state index in [-0.39, 0.29) is 0 Å². The van der Waals surface area contributed by atoms with Crippen molar-refractivity contribution in [3.8, 4) is 0 Å². The lowest BCUT2D eigenvalue weighted by Crippen LogP contribution is -2.12. The summed E-state index contributed by atoms with van der Waals surface area (Å²) >= 11 is 0. The van der Waals surface area contributed by atoms with Crippen molar-refractivity contribution >= 4 is 5.97 Å². The Hall–Kier alpha value is -1.53. The second-order valence-electron chi connectivity index (χ2n) is 2.02. The summed E-state index contributed by atoms with van der Waals surface area (Å²) in [6, 6.07) is 0. The largest absolute Gasteiger partial charge is 0.464 e. The molecule has 0 aliphatic carbocycles. The lowest BCUT2D eigenvalue weighted by molar-refractivity contribution is -0.153. The van der Waals surface area contributed by atoms with Crippen LogP contribution in [0.5, 0.6) is 0 Å². The number of nitrogens with zero attached hydrogens (tertiary/aromatic N) is 1. The topological polar surface area (TPSA) is 52.3 Å². The molecule has 72 valence electrons. The van der Waals surface area contributed by atoms with Gasteiger partial charge in [0.15, 0.2) is 12.1 Å². The SMILES string of the molecule is COC(=O)c1ncoc1C(F)(F)F. The molecule has 0 spiro atoms. The predicted octanol–water partition coefficient (Wildman–Crippen LogP) is 1.48. The van der Waals surface area contributed by atoms with Crippen LogP contribution in [0.4, 0.5) is 13.2 Å². The number of carbonyl (C=O) groups excluding carboxylic acids is 1. The van der Waals surface area contributed by atoms with Crippen molar-refractivity contribution in [2.75, 3.05) is 7.11 Å². The average Bonchev–Trinajstić information content (AvgIpc) is 2.49.